The zero-order chi connectivity index (χ0) is 13.0. The molecule has 1 N–H and O–H groups in total. The van der Waals surface area contributed by atoms with E-state index < -0.39 is 11.8 Å². The van der Waals surface area contributed by atoms with Crippen LogP contribution < -0.4 is 0 Å². The van der Waals surface area contributed by atoms with Gasteiger partial charge in [0.05, 0.1) is 5.57 Å². The van der Waals surface area contributed by atoms with Gasteiger partial charge in [0, 0.05) is 12.4 Å². The number of pyridine rings is 1. The number of carboxylic acid groups (broad SMARTS) is 1. The average molecular weight is 243 g/mol. The average Bonchev–Trinajstić information content (AvgIpc) is 2.38. The highest BCUT2D eigenvalue weighted by atomic mass is 19.1. The van der Waals surface area contributed by atoms with Crippen molar-refractivity contribution < 1.29 is 14.3 Å². The van der Waals surface area contributed by atoms with Crippen LogP contribution in [0, 0.1) is 5.82 Å². The van der Waals surface area contributed by atoms with Crippen molar-refractivity contribution in [2.24, 2.45) is 0 Å². The van der Waals surface area contributed by atoms with Gasteiger partial charge in [0.15, 0.2) is 0 Å². The molecular formula is C14H10FNO2. The van der Waals surface area contributed by atoms with E-state index in [1.165, 1.54) is 30.3 Å². The molecule has 0 spiro atoms. The Hall–Kier alpha value is -2.49. The summed E-state index contributed by atoms with van der Waals surface area (Å²) in [6, 6.07) is 8.75. The summed E-state index contributed by atoms with van der Waals surface area (Å²) in [4.78, 5) is 15.1. The van der Waals surface area contributed by atoms with E-state index in [0.717, 1.165) is 5.56 Å². The number of aromatic nitrogens is 1. The highest BCUT2D eigenvalue weighted by molar-refractivity contribution is 6.20. The summed E-state index contributed by atoms with van der Waals surface area (Å²) >= 11 is 0. The van der Waals surface area contributed by atoms with Crippen molar-refractivity contribution in [1.82, 2.24) is 4.98 Å². The van der Waals surface area contributed by atoms with E-state index >= 15 is 0 Å². The first kappa shape index (κ1) is 12.0. The molecule has 4 heteroatoms. The highest BCUT2D eigenvalue weighted by Gasteiger charge is 2.10. The SMILES string of the molecule is O=C(O)/C(=C/c1ccncc1)c1ccc(F)cc1. The molecule has 0 amide bonds. The van der Waals surface area contributed by atoms with E-state index in [0.29, 0.717) is 5.56 Å². The lowest BCUT2D eigenvalue weighted by Gasteiger charge is -2.03. The zero-order valence-corrected chi connectivity index (χ0v) is 9.38. The maximum absolute atomic E-state index is 12.8. The van der Waals surface area contributed by atoms with Crippen LogP contribution in [0.4, 0.5) is 4.39 Å². The molecule has 0 saturated carbocycles. The van der Waals surface area contributed by atoms with E-state index in [9.17, 15) is 14.3 Å². The molecular weight excluding hydrogens is 233 g/mol. The van der Waals surface area contributed by atoms with Crippen molar-refractivity contribution in [3.63, 3.8) is 0 Å². The lowest BCUT2D eigenvalue weighted by Crippen LogP contribution is -1.99. The van der Waals surface area contributed by atoms with Crippen molar-refractivity contribution in [3.8, 4) is 0 Å². The Morgan fingerprint density at radius 3 is 2.28 bits per heavy atom. The Balaban J connectivity index is 2.44. The summed E-state index contributed by atoms with van der Waals surface area (Å²) < 4.78 is 12.8. The van der Waals surface area contributed by atoms with Crippen LogP contribution >= 0.6 is 0 Å². The van der Waals surface area contributed by atoms with Crippen LogP contribution in [0.5, 0.6) is 0 Å². The number of benzene rings is 1. The molecule has 0 aliphatic heterocycles. The Bertz CT molecular complexity index is 577. The molecule has 3 nitrogen and oxygen atoms in total. The van der Waals surface area contributed by atoms with Gasteiger partial charge in [-0.2, -0.15) is 0 Å². The number of hydrogen-bond donors (Lipinski definition) is 1. The van der Waals surface area contributed by atoms with Crippen molar-refractivity contribution in [2.75, 3.05) is 0 Å². The predicted octanol–water partition coefficient (Wildman–Crippen LogP) is 2.85. The van der Waals surface area contributed by atoms with E-state index in [2.05, 4.69) is 4.98 Å². The van der Waals surface area contributed by atoms with Gasteiger partial charge in [-0.15, -0.1) is 0 Å². The molecule has 0 bridgehead atoms. The molecule has 0 radical (unpaired) electrons. The molecule has 0 saturated heterocycles. The van der Waals surface area contributed by atoms with Gasteiger partial charge >= 0.3 is 5.97 Å². The first-order valence-electron chi connectivity index (χ1n) is 5.28. The molecule has 0 aliphatic carbocycles. The lowest BCUT2D eigenvalue weighted by atomic mass is 10.0. The number of halogens is 1. The third-order valence-corrected chi connectivity index (χ3v) is 2.40. The van der Waals surface area contributed by atoms with Gasteiger partial charge < -0.3 is 5.11 Å². The standard InChI is InChI=1S/C14H10FNO2/c15-12-3-1-11(2-4-12)13(14(17)18)9-10-5-7-16-8-6-10/h1-9H,(H,17,18)/b13-9+. The molecule has 0 fully saturated rings. The minimum Gasteiger partial charge on any atom is -0.478 e. The van der Waals surface area contributed by atoms with Gasteiger partial charge in [0.25, 0.3) is 0 Å². The van der Waals surface area contributed by atoms with Crippen molar-refractivity contribution in [2.45, 2.75) is 0 Å². The van der Waals surface area contributed by atoms with Crippen LogP contribution in [0.3, 0.4) is 0 Å². The molecule has 0 atom stereocenters. The van der Waals surface area contributed by atoms with Crippen LogP contribution in [0.25, 0.3) is 11.6 Å². The monoisotopic (exact) mass is 243 g/mol. The maximum atomic E-state index is 12.8. The Kier molecular flexibility index (Phi) is 3.48. The minimum absolute atomic E-state index is 0.112. The first-order chi connectivity index (χ1) is 8.66. The van der Waals surface area contributed by atoms with Crippen molar-refractivity contribution in [3.05, 3.63) is 65.7 Å². The summed E-state index contributed by atoms with van der Waals surface area (Å²) in [5.41, 5.74) is 1.30. The van der Waals surface area contributed by atoms with E-state index in [1.54, 1.807) is 24.5 Å². The van der Waals surface area contributed by atoms with Gasteiger partial charge in [0.1, 0.15) is 5.82 Å². The molecule has 1 aromatic carbocycles. The Morgan fingerprint density at radius 1 is 1.11 bits per heavy atom. The minimum atomic E-state index is -1.06. The number of hydrogen-bond acceptors (Lipinski definition) is 2. The fourth-order valence-corrected chi connectivity index (χ4v) is 1.52. The summed E-state index contributed by atoms with van der Waals surface area (Å²) in [5.74, 6) is -1.45. The lowest BCUT2D eigenvalue weighted by molar-refractivity contribution is -0.130. The molecule has 2 rings (SSSR count). The summed E-state index contributed by atoms with van der Waals surface area (Å²) in [7, 11) is 0. The normalized spacial score (nSPS) is 11.3. The Labute approximate surface area is 103 Å². The molecule has 90 valence electrons. The van der Waals surface area contributed by atoms with Gasteiger partial charge in [0.2, 0.25) is 0 Å². The molecule has 0 aliphatic rings. The molecule has 1 heterocycles. The third kappa shape index (κ3) is 2.79. The number of nitrogens with zero attached hydrogens (tertiary/aromatic N) is 1. The van der Waals surface area contributed by atoms with Crippen LogP contribution in [-0.4, -0.2) is 16.1 Å². The Morgan fingerprint density at radius 2 is 1.72 bits per heavy atom. The second-order valence-electron chi connectivity index (χ2n) is 3.65. The van der Waals surface area contributed by atoms with Crippen LogP contribution in [0.15, 0.2) is 48.8 Å². The number of rotatable bonds is 3. The second-order valence-corrected chi connectivity index (χ2v) is 3.65. The van der Waals surface area contributed by atoms with E-state index in [1.807, 2.05) is 0 Å². The predicted molar refractivity (Wildman–Crippen MR) is 66.1 cm³/mol. The highest BCUT2D eigenvalue weighted by Crippen LogP contribution is 2.18. The van der Waals surface area contributed by atoms with Crippen molar-refractivity contribution >= 4 is 17.6 Å². The van der Waals surface area contributed by atoms with Crippen LogP contribution in [0.2, 0.25) is 0 Å². The fraction of sp³-hybridized carbons (Fsp3) is 0. The molecule has 2 aromatic rings. The van der Waals surface area contributed by atoms with Gasteiger partial charge in [-0.3, -0.25) is 4.98 Å². The smallest absolute Gasteiger partial charge is 0.336 e. The van der Waals surface area contributed by atoms with Crippen LogP contribution in [0.1, 0.15) is 11.1 Å². The summed E-state index contributed by atoms with van der Waals surface area (Å²) in [6.45, 7) is 0. The van der Waals surface area contributed by atoms with Gasteiger partial charge in [-0.05, 0) is 41.5 Å². The first-order valence-corrected chi connectivity index (χ1v) is 5.28. The maximum Gasteiger partial charge on any atom is 0.336 e. The molecule has 18 heavy (non-hydrogen) atoms. The molecule has 0 unspecified atom stereocenters. The number of aliphatic carboxylic acids is 1. The van der Waals surface area contributed by atoms with Gasteiger partial charge in [-0.1, -0.05) is 12.1 Å². The fourth-order valence-electron chi connectivity index (χ4n) is 1.52. The zero-order valence-electron chi connectivity index (χ0n) is 9.38. The second kappa shape index (κ2) is 5.23. The topological polar surface area (TPSA) is 50.2 Å². The summed E-state index contributed by atoms with van der Waals surface area (Å²) in [5, 5.41) is 9.18. The van der Waals surface area contributed by atoms with E-state index in [4.69, 9.17) is 0 Å². The number of carbonyl (C=O) groups is 1. The molecule has 1 aromatic heterocycles. The summed E-state index contributed by atoms with van der Waals surface area (Å²) in [6.07, 6.45) is 4.68. The van der Waals surface area contributed by atoms with E-state index in [-0.39, 0.29) is 5.57 Å². The third-order valence-electron chi connectivity index (χ3n) is 2.40. The van der Waals surface area contributed by atoms with Crippen molar-refractivity contribution in [1.29, 1.82) is 0 Å². The quantitative estimate of drug-likeness (QED) is 0.843. The van der Waals surface area contributed by atoms with Gasteiger partial charge in [-0.25, -0.2) is 9.18 Å². The number of carboxylic acids is 1. The largest absolute Gasteiger partial charge is 0.478 e. The van der Waals surface area contributed by atoms with Crippen LogP contribution in [-0.2, 0) is 4.79 Å².